The topological polar surface area (TPSA) is 55.2 Å². The highest BCUT2D eigenvalue weighted by Gasteiger charge is 2.11. The average molecular weight is 223 g/mol. The van der Waals surface area contributed by atoms with Crippen molar-refractivity contribution in [2.75, 3.05) is 6.61 Å². The van der Waals surface area contributed by atoms with Gasteiger partial charge in [0.2, 0.25) is 5.88 Å². The Bertz CT molecular complexity index is 307. The summed E-state index contributed by atoms with van der Waals surface area (Å²) in [6, 6.07) is 0.0834. The van der Waals surface area contributed by atoms with E-state index in [1.165, 1.54) is 0 Å². The van der Waals surface area contributed by atoms with Gasteiger partial charge in [-0.15, -0.1) is 11.6 Å². The smallest absolute Gasteiger partial charge is 0.320 e. The lowest BCUT2D eigenvalue weighted by molar-refractivity contribution is 0.304. The molecule has 0 aliphatic rings. The van der Waals surface area contributed by atoms with Crippen LogP contribution in [0.15, 0.2) is 0 Å². The molecule has 0 bridgehead atoms. The van der Waals surface area contributed by atoms with Crippen LogP contribution in [0.5, 0.6) is 11.9 Å². The number of aromatic hydroxyl groups is 1. The number of halogens is 2. The highest BCUT2D eigenvalue weighted by Crippen LogP contribution is 2.26. The molecular weight excluding hydrogens is 215 g/mol. The lowest BCUT2D eigenvalue weighted by Gasteiger charge is -2.04. The Labute approximate surface area is 85.5 Å². The number of alkyl halides is 1. The van der Waals surface area contributed by atoms with E-state index in [1.54, 1.807) is 6.92 Å². The number of hydrogen-bond acceptors (Lipinski definition) is 4. The zero-order valence-corrected chi connectivity index (χ0v) is 8.43. The monoisotopic (exact) mass is 222 g/mol. The molecule has 0 atom stereocenters. The van der Waals surface area contributed by atoms with Crippen LogP contribution >= 0.6 is 23.2 Å². The quantitative estimate of drug-likeness (QED) is 0.796. The molecule has 0 aromatic carbocycles. The van der Waals surface area contributed by atoms with Crippen LogP contribution in [0.4, 0.5) is 0 Å². The fourth-order valence-electron chi connectivity index (χ4n) is 0.740. The molecule has 0 saturated carbocycles. The van der Waals surface area contributed by atoms with Crippen molar-refractivity contribution < 1.29 is 9.84 Å². The van der Waals surface area contributed by atoms with Gasteiger partial charge in [-0.05, 0) is 6.92 Å². The fourth-order valence-corrected chi connectivity index (χ4v) is 1.15. The minimum Gasteiger partial charge on any atom is -0.492 e. The summed E-state index contributed by atoms with van der Waals surface area (Å²) in [5.74, 6) is -0.203. The van der Waals surface area contributed by atoms with E-state index < -0.39 is 0 Å². The average Bonchev–Trinajstić information content (AvgIpc) is 2.11. The largest absolute Gasteiger partial charge is 0.492 e. The third-order valence-electron chi connectivity index (χ3n) is 1.28. The molecule has 0 aliphatic carbocycles. The first-order chi connectivity index (χ1) is 6.19. The summed E-state index contributed by atoms with van der Waals surface area (Å²) in [5, 5.41) is 9.28. The number of hydrogen-bond donors (Lipinski definition) is 1. The van der Waals surface area contributed by atoms with E-state index >= 15 is 0 Å². The van der Waals surface area contributed by atoms with Crippen molar-refractivity contribution >= 4 is 23.2 Å². The molecule has 0 radical (unpaired) electrons. The van der Waals surface area contributed by atoms with Crippen LogP contribution in [-0.2, 0) is 5.88 Å². The van der Waals surface area contributed by atoms with Crippen LogP contribution in [0.3, 0.4) is 0 Å². The van der Waals surface area contributed by atoms with Gasteiger partial charge in [-0.2, -0.15) is 9.97 Å². The Morgan fingerprint density at radius 1 is 1.46 bits per heavy atom. The maximum absolute atomic E-state index is 9.22. The molecule has 1 aromatic rings. The molecule has 4 nitrogen and oxygen atoms in total. The third-order valence-corrected chi connectivity index (χ3v) is 1.92. The molecule has 1 N–H and O–H groups in total. The van der Waals surface area contributed by atoms with Crippen molar-refractivity contribution in [2.24, 2.45) is 0 Å². The SMILES string of the molecule is CCOc1nc(O)c(Cl)c(CCl)n1. The highest BCUT2D eigenvalue weighted by atomic mass is 35.5. The molecule has 0 amide bonds. The second-order valence-electron chi connectivity index (χ2n) is 2.16. The molecule has 0 spiro atoms. The minimum atomic E-state index is -0.309. The van der Waals surface area contributed by atoms with Gasteiger partial charge in [-0.3, -0.25) is 0 Å². The zero-order valence-electron chi connectivity index (χ0n) is 6.92. The molecular formula is C7H8Cl2N2O2. The van der Waals surface area contributed by atoms with Gasteiger partial charge in [0.15, 0.2) is 0 Å². The molecule has 13 heavy (non-hydrogen) atoms. The second kappa shape index (κ2) is 4.48. The summed E-state index contributed by atoms with van der Waals surface area (Å²) >= 11 is 11.2. The molecule has 1 rings (SSSR count). The Kier molecular flexibility index (Phi) is 3.57. The number of rotatable bonds is 3. The van der Waals surface area contributed by atoms with Crippen LogP contribution in [0.2, 0.25) is 5.02 Å². The summed E-state index contributed by atoms with van der Waals surface area (Å²) < 4.78 is 4.98. The van der Waals surface area contributed by atoms with Crippen LogP contribution in [-0.4, -0.2) is 21.7 Å². The Hall–Kier alpha value is -0.740. The second-order valence-corrected chi connectivity index (χ2v) is 2.80. The lowest BCUT2D eigenvalue weighted by Crippen LogP contribution is -2.00. The van der Waals surface area contributed by atoms with Gasteiger partial charge in [0.05, 0.1) is 18.2 Å². The van der Waals surface area contributed by atoms with E-state index in [-0.39, 0.29) is 22.8 Å². The first-order valence-corrected chi connectivity index (χ1v) is 4.54. The van der Waals surface area contributed by atoms with Gasteiger partial charge in [-0.25, -0.2) is 0 Å². The van der Waals surface area contributed by atoms with E-state index in [0.717, 1.165) is 0 Å². The standard InChI is InChI=1S/C7H8Cl2N2O2/c1-2-13-7-10-4(3-8)5(9)6(12)11-7/h2-3H2,1H3,(H,10,11,12). The molecule has 1 heterocycles. The zero-order chi connectivity index (χ0) is 9.84. The third kappa shape index (κ3) is 2.35. The normalized spacial score (nSPS) is 10.1. The predicted molar refractivity (Wildman–Crippen MR) is 49.4 cm³/mol. The number of aromatic nitrogens is 2. The van der Waals surface area contributed by atoms with Gasteiger partial charge in [0.1, 0.15) is 5.02 Å². The molecule has 0 fully saturated rings. The van der Waals surface area contributed by atoms with Crippen LogP contribution in [0.25, 0.3) is 0 Å². The number of ether oxygens (including phenoxy) is 1. The fraction of sp³-hybridized carbons (Fsp3) is 0.429. The van der Waals surface area contributed by atoms with E-state index in [2.05, 4.69) is 9.97 Å². The Balaban J connectivity index is 3.06. The van der Waals surface area contributed by atoms with Crippen molar-refractivity contribution in [2.45, 2.75) is 12.8 Å². The van der Waals surface area contributed by atoms with Crippen molar-refractivity contribution in [3.05, 3.63) is 10.7 Å². The summed E-state index contributed by atoms with van der Waals surface area (Å²) in [5.41, 5.74) is 0.360. The minimum absolute atomic E-state index is 0.0680. The lowest BCUT2D eigenvalue weighted by atomic mass is 10.4. The van der Waals surface area contributed by atoms with Gasteiger partial charge in [-0.1, -0.05) is 11.6 Å². The predicted octanol–water partition coefficient (Wildman–Crippen LogP) is 1.97. The molecule has 6 heteroatoms. The van der Waals surface area contributed by atoms with Gasteiger partial charge >= 0.3 is 6.01 Å². The molecule has 0 aliphatic heterocycles. The molecule has 1 aromatic heterocycles. The van der Waals surface area contributed by atoms with Crippen molar-refractivity contribution in [3.8, 4) is 11.9 Å². The maximum Gasteiger partial charge on any atom is 0.320 e. The van der Waals surface area contributed by atoms with Gasteiger partial charge < -0.3 is 9.84 Å². The summed E-state index contributed by atoms with van der Waals surface area (Å²) in [7, 11) is 0. The van der Waals surface area contributed by atoms with Crippen LogP contribution < -0.4 is 4.74 Å². The first kappa shape index (κ1) is 10.3. The van der Waals surface area contributed by atoms with Gasteiger partial charge in [0, 0.05) is 0 Å². The molecule has 0 saturated heterocycles. The number of nitrogens with zero attached hydrogens (tertiary/aromatic N) is 2. The van der Waals surface area contributed by atoms with Crippen LogP contribution in [0.1, 0.15) is 12.6 Å². The summed E-state index contributed by atoms with van der Waals surface area (Å²) in [6.45, 7) is 2.21. The van der Waals surface area contributed by atoms with E-state index in [1.807, 2.05) is 0 Å². The van der Waals surface area contributed by atoms with Crippen molar-refractivity contribution in [1.82, 2.24) is 9.97 Å². The molecule has 72 valence electrons. The summed E-state index contributed by atoms with van der Waals surface area (Å²) in [4.78, 5) is 7.49. The Morgan fingerprint density at radius 3 is 2.69 bits per heavy atom. The summed E-state index contributed by atoms with van der Waals surface area (Å²) in [6.07, 6.45) is 0. The Morgan fingerprint density at radius 2 is 2.15 bits per heavy atom. The highest BCUT2D eigenvalue weighted by molar-refractivity contribution is 6.33. The first-order valence-electron chi connectivity index (χ1n) is 3.63. The molecule has 0 unspecified atom stereocenters. The van der Waals surface area contributed by atoms with Crippen LogP contribution in [0, 0.1) is 0 Å². The van der Waals surface area contributed by atoms with Crippen molar-refractivity contribution in [1.29, 1.82) is 0 Å². The van der Waals surface area contributed by atoms with Crippen molar-refractivity contribution in [3.63, 3.8) is 0 Å². The maximum atomic E-state index is 9.22. The van der Waals surface area contributed by atoms with Gasteiger partial charge in [0.25, 0.3) is 0 Å². The van der Waals surface area contributed by atoms with E-state index in [4.69, 9.17) is 27.9 Å². The van der Waals surface area contributed by atoms with E-state index in [0.29, 0.717) is 12.3 Å². The van der Waals surface area contributed by atoms with E-state index in [9.17, 15) is 5.11 Å².